The molecule has 0 heterocycles. The van der Waals surface area contributed by atoms with Crippen molar-refractivity contribution in [2.45, 2.75) is 52.4 Å². The quantitative estimate of drug-likeness (QED) is 0.719. The van der Waals surface area contributed by atoms with Gasteiger partial charge in [0.1, 0.15) is 11.5 Å². The molecular formula is C24H26O4. The lowest BCUT2D eigenvalue weighted by molar-refractivity contribution is 0.0999. The Bertz CT molecular complexity index is 993. The molecule has 0 unspecified atom stereocenters. The van der Waals surface area contributed by atoms with Gasteiger partial charge in [0.2, 0.25) is 0 Å². The Morgan fingerprint density at radius 2 is 1.36 bits per heavy atom. The summed E-state index contributed by atoms with van der Waals surface area (Å²) in [5.41, 5.74) is 1.86. The minimum absolute atomic E-state index is 0.0436. The Hall–Kier alpha value is -2.88. The monoisotopic (exact) mass is 378 g/mol. The van der Waals surface area contributed by atoms with E-state index in [4.69, 9.17) is 0 Å². The Morgan fingerprint density at radius 1 is 0.821 bits per heavy atom. The highest BCUT2D eigenvalue weighted by Gasteiger charge is 2.32. The lowest BCUT2D eigenvalue weighted by atomic mass is 9.76. The van der Waals surface area contributed by atoms with Crippen LogP contribution in [0.4, 0.5) is 0 Å². The van der Waals surface area contributed by atoms with Gasteiger partial charge in [0.15, 0.2) is 11.6 Å². The first-order valence-electron chi connectivity index (χ1n) is 9.33. The number of phenols is 2. The van der Waals surface area contributed by atoms with E-state index in [1.807, 2.05) is 41.5 Å². The predicted octanol–water partition coefficient (Wildman–Crippen LogP) is 5.16. The summed E-state index contributed by atoms with van der Waals surface area (Å²) in [5, 5.41) is 20.9. The molecule has 1 aliphatic rings. The van der Waals surface area contributed by atoms with Gasteiger partial charge >= 0.3 is 0 Å². The first-order chi connectivity index (χ1) is 12.8. The Labute approximate surface area is 165 Å². The number of benzene rings is 2. The molecule has 3 rings (SSSR count). The fraction of sp³-hybridized carbons (Fsp3) is 0.333. The second kappa shape index (κ2) is 6.33. The molecule has 0 aliphatic heterocycles. The van der Waals surface area contributed by atoms with Crippen molar-refractivity contribution in [3.8, 4) is 11.5 Å². The smallest absolute Gasteiger partial charge is 0.194 e. The number of carbonyl (C=O) groups is 2. The van der Waals surface area contributed by atoms with Crippen molar-refractivity contribution >= 4 is 17.1 Å². The molecule has 0 amide bonds. The van der Waals surface area contributed by atoms with Gasteiger partial charge in [-0.1, -0.05) is 53.7 Å². The molecule has 0 radical (unpaired) electrons. The minimum atomic E-state index is -0.398. The van der Waals surface area contributed by atoms with Crippen LogP contribution in [0.15, 0.2) is 36.4 Å². The maximum atomic E-state index is 13.1. The van der Waals surface area contributed by atoms with Crippen LogP contribution in [0.5, 0.6) is 11.5 Å². The van der Waals surface area contributed by atoms with Crippen LogP contribution in [0.1, 0.15) is 78.9 Å². The van der Waals surface area contributed by atoms with E-state index in [1.165, 1.54) is 12.1 Å². The van der Waals surface area contributed by atoms with Gasteiger partial charge in [-0.25, -0.2) is 0 Å². The zero-order chi connectivity index (χ0) is 21.0. The number of allylic oxidation sites excluding steroid dienone is 2. The number of carbonyl (C=O) groups excluding carboxylic acids is 2. The molecule has 0 bridgehead atoms. The number of Topliss-reactive ketones (excluding diaryl/α,β-unsaturated/α-hetero) is 1. The third-order valence-electron chi connectivity index (χ3n) is 5.09. The summed E-state index contributed by atoms with van der Waals surface area (Å²) >= 11 is 0. The standard InChI is InChI=1S/C24H26O4/c1-23(2,3)16-10-13(11-17(22(16)28)24(4,5)6)15-12-19(26)20-14(21(15)27)8-7-9-18(20)25/h7-12,25,28H,1-6H3. The Morgan fingerprint density at radius 3 is 1.86 bits per heavy atom. The maximum Gasteiger partial charge on any atom is 0.194 e. The van der Waals surface area contributed by atoms with Gasteiger partial charge < -0.3 is 10.2 Å². The first-order valence-corrected chi connectivity index (χ1v) is 9.33. The molecule has 4 heteroatoms. The third kappa shape index (κ3) is 3.24. The molecule has 2 aromatic rings. The first kappa shape index (κ1) is 19.9. The van der Waals surface area contributed by atoms with Crippen molar-refractivity contribution in [3.63, 3.8) is 0 Å². The average molecular weight is 378 g/mol. The summed E-state index contributed by atoms with van der Waals surface area (Å²) in [6.07, 6.45) is 1.29. The Balaban J connectivity index is 2.28. The van der Waals surface area contributed by atoms with Crippen molar-refractivity contribution in [1.82, 2.24) is 0 Å². The van der Waals surface area contributed by atoms with Gasteiger partial charge in [0, 0.05) is 22.3 Å². The highest BCUT2D eigenvalue weighted by atomic mass is 16.3. The van der Waals surface area contributed by atoms with Crippen LogP contribution in [-0.4, -0.2) is 21.8 Å². The van der Waals surface area contributed by atoms with E-state index < -0.39 is 5.78 Å². The summed E-state index contributed by atoms with van der Waals surface area (Å²) < 4.78 is 0. The number of fused-ring (bicyclic) bond motifs is 1. The van der Waals surface area contributed by atoms with Crippen LogP contribution in [0.25, 0.3) is 5.57 Å². The van der Waals surface area contributed by atoms with E-state index in [0.29, 0.717) is 5.56 Å². The van der Waals surface area contributed by atoms with E-state index in [1.54, 1.807) is 24.3 Å². The average Bonchev–Trinajstić information content (AvgIpc) is 2.56. The summed E-state index contributed by atoms with van der Waals surface area (Å²) in [6.45, 7) is 12.0. The molecule has 0 saturated carbocycles. The second-order valence-corrected chi connectivity index (χ2v) is 9.37. The molecule has 1 aliphatic carbocycles. The molecule has 0 saturated heterocycles. The molecule has 28 heavy (non-hydrogen) atoms. The Kier molecular flexibility index (Phi) is 4.49. The summed E-state index contributed by atoms with van der Waals surface area (Å²) in [4.78, 5) is 25.8. The highest BCUT2D eigenvalue weighted by Crippen LogP contribution is 2.42. The molecule has 0 fully saturated rings. The van der Waals surface area contributed by atoms with E-state index in [2.05, 4.69) is 0 Å². The SMILES string of the molecule is CC(C)(C)c1cc(C2=CC(=O)c3c(O)cccc3C2=O)cc(C(C)(C)C)c1O. The summed E-state index contributed by atoms with van der Waals surface area (Å²) in [7, 11) is 0. The maximum absolute atomic E-state index is 13.1. The van der Waals surface area contributed by atoms with Gasteiger partial charge in [-0.3, -0.25) is 9.59 Å². The third-order valence-corrected chi connectivity index (χ3v) is 5.09. The largest absolute Gasteiger partial charge is 0.507 e. The van der Waals surface area contributed by atoms with E-state index in [-0.39, 0.29) is 44.8 Å². The minimum Gasteiger partial charge on any atom is -0.507 e. The fourth-order valence-corrected chi connectivity index (χ4v) is 3.55. The van der Waals surface area contributed by atoms with Crippen molar-refractivity contribution in [1.29, 1.82) is 0 Å². The lowest BCUT2D eigenvalue weighted by Gasteiger charge is -2.29. The molecule has 4 nitrogen and oxygen atoms in total. The normalized spacial score (nSPS) is 14.7. The van der Waals surface area contributed by atoms with E-state index in [9.17, 15) is 19.8 Å². The summed E-state index contributed by atoms with van der Waals surface area (Å²) in [6, 6.07) is 8.09. The highest BCUT2D eigenvalue weighted by molar-refractivity contribution is 6.39. The zero-order valence-corrected chi connectivity index (χ0v) is 17.2. The van der Waals surface area contributed by atoms with Crippen LogP contribution < -0.4 is 0 Å². The van der Waals surface area contributed by atoms with Crippen molar-refractivity contribution in [2.75, 3.05) is 0 Å². The van der Waals surface area contributed by atoms with Gasteiger partial charge in [-0.15, -0.1) is 0 Å². The number of hydrogen-bond acceptors (Lipinski definition) is 4. The zero-order valence-electron chi connectivity index (χ0n) is 17.2. The van der Waals surface area contributed by atoms with Crippen LogP contribution in [0, 0.1) is 0 Å². The molecule has 2 N–H and O–H groups in total. The number of rotatable bonds is 1. The van der Waals surface area contributed by atoms with Crippen LogP contribution in [0.2, 0.25) is 0 Å². The second-order valence-electron chi connectivity index (χ2n) is 9.37. The number of hydrogen-bond donors (Lipinski definition) is 2. The van der Waals surface area contributed by atoms with Gasteiger partial charge in [0.05, 0.1) is 5.56 Å². The molecular weight excluding hydrogens is 352 g/mol. The van der Waals surface area contributed by atoms with E-state index in [0.717, 1.165) is 11.1 Å². The number of phenolic OH excluding ortho intramolecular Hbond substituents is 2. The van der Waals surface area contributed by atoms with Crippen LogP contribution in [-0.2, 0) is 10.8 Å². The summed E-state index contributed by atoms with van der Waals surface area (Å²) in [5.74, 6) is -0.680. The lowest BCUT2D eigenvalue weighted by Crippen LogP contribution is -2.20. The van der Waals surface area contributed by atoms with Gasteiger partial charge in [-0.2, -0.15) is 0 Å². The molecule has 0 aromatic heterocycles. The van der Waals surface area contributed by atoms with Crippen LogP contribution in [0.3, 0.4) is 0 Å². The van der Waals surface area contributed by atoms with E-state index >= 15 is 0 Å². The molecule has 0 atom stereocenters. The van der Waals surface area contributed by atoms with Gasteiger partial charge in [0.25, 0.3) is 0 Å². The fourth-order valence-electron chi connectivity index (χ4n) is 3.55. The number of ketones is 2. The molecule has 2 aromatic carbocycles. The van der Waals surface area contributed by atoms with Crippen molar-refractivity contribution in [3.05, 3.63) is 64.2 Å². The molecule has 0 spiro atoms. The number of aromatic hydroxyl groups is 2. The van der Waals surface area contributed by atoms with Crippen LogP contribution >= 0.6 is 0 Å². The van der Waals surface area contributed by atoms with Crippen molar-refractivity contribution in [2.24, 2.45) is 0 Å². The topological polar surface area (TPSA) is 74.6 Å². The van der Waals surface area contributed by atoms with Gasteiger partial charge in [-0.05, 0) is 40.7 Å². The molecule has 146 valence electrons. The van der Waals surface area contributed by atoms with Crippen molar-refractivity contribution < 1.29 is 19.8 Å². The predicted molar refractivity (Wildman–Crippen MR) is 110 cm³/mol.